The summed E-state index contributed by atoms with van der Waals surface area (Å²) in [6, 6.07) is 12.3. The van der Waals surface area contributed by atoms with E-state index in [0.717, 1.165) is 15.5 Å². The Morgan fingerprint density at radius 2 is 1.95 bits per heavy atom. The Labute approximate surface area is 128 Å². The summed E-state index contributed by atoms with van der Waals surface area (Å²) in [5, 5.41) is 3.42. The van der Waals surface area contributed by atoms with Gasteiger partial charge in [0, 0.05) is 15.2 Å². The number of aromatic nitrogens is 2. The first-order valence-corrected chi connectivity index (χ1v) is 7.00. The van der Waals surface area contributed by atoms with E-state index in [1.165, 1.54) is 10.9 Å². The SMILES string of the molecule is O=C(Nc1ccc(Cl)cc1)n1cnc2ccc(Br)cc21. The second-order valence-electron chi connectivity index (χ2n) is 4.18. The molecule has 0 atom stereocenters. The monoisotopic (exact) mass is 349 g/mol. The predicted molar refractivity (Wildman–Crippen MR) is 83.3 cm³/mol. The van der Waals surface area contributed by atoms with E-state index in [2.05, 4.69) is 26.2 Å². The smallest absolute Gasteiger partial charge is 0.307 e. The van der Waals surface area contributed by atoms with Gasteiger partial charge in [0.1, 0.15) is 6.33 Å². The summed E-state index contributed by atoms with van der Waals surface area (Å²) in [4.78, 5) is 16.4. The van der Waals surface area contributed by atoms with Gasteiger partial charge in [0.15, 0.2) is 0 Å². The predicted octanol–water partition coefficient (Wildman–Crippen LogP) is 4.53. The number of hydrogen-bond acceptors (Lipinski definition) is 2. The zero-order chi connectivity index (χ0) is 14.1. The Hall–Kier alpha value is -1.85. The Morgan fingerprint density at radius 1 is 1.20 bits per heavy atom. The average Bonchev–Trinajstić information content (AvgIpc) is 2.84. The standard InChI is InChI=1S/C14H9BrClN3O/c15-9-1-6-12-13(7-9)19(8-17-12)14(20)18-11-4-2-10(16)3-5-11/h1-8H,(H,18,20). The maximum atomic E-state index is 12.2. The van der Waals surface area contributed by atoms with Gasteiger partial charge in [0.2, 0.25) is 0 Å². The van der Waals surface area contributed by atoms with Crippen LogP contribution in [-0.4, -0.2) is 15.6 Å². The fourth-order valence-electron chi connectivity index (χ4n) is 1.86. The molecule has 0 bridgehead atoms. The third kappa shape index (κ3) is 2.55. The largest absolute Gasteiger partial charge is 0.331 e. The number of hydrogen-bond donors (Lipinski definition) is 1. The van der Waals surface area contributed by atoms with E-state index in [-0.39, 0.29) is 6.03 Å². The van der Waals surface area contributed by atoms with Crippen molar-refractivity contribution in [3.05, 3.63) is 58.3 Å². The lowest BCUT2D eigenvalue weighted by Gasteiger charge is -2.06. The first-order valence-electron chi connectivity index (χ1n) is 5.83. The first kappa shape index (κ1) is 13.1. The number of benzene rings is 2. The highest BCUT2D eigenvalue weighted by Gasteiger charge is 2.10. The molecule has 0 aliphatic carbocycles. The highest BCUT2D eigenvalue weighted by atomic mass is 79.9. The van der Waals surface area contributed by atoms with Gasteiger partial charge in [-0.1, -0.05) is 27.5 Å². The van der Waals surface area contributed by atoms with Gasteiger partial charge in [-0.05, 0) is 42.5 Å². The molecule has 6 heteroatoms. The molecule has 0 fully saturated rings. The molecular weight excluding hydrogens is 342 g/mol. The fraction of sp³-hybridized carbons (Fsp3) is 0. The molecule has 0 unspecified atom stereocenters. The quantitative estimate of drug-likeness (QED) is 0.701. The zero-order valence-electron chi connectivity index (χ0n) is 10.2. The molecule has 1 heterocycles. The van der Waals surface area contributed by atoms with Crippen molar-refractivity contribution in [2.24, 2.45) is 0 Å². The summed E-state index contributed by atoms with van der Waals surface area (Å²) in [5.74, 6) is 0. The maximum absolute atomic E-state index is 12.2. The Bertz CT molecular complexity index is 783. The molecule has 2 aromatic carbocycles. The molecule has 4 nitrogen and oxygen atoms in total. The van der Waals surface area contributed by atoms with Crippen LogP contribution in [0.5, 0.6) is 0 Å². The van der Waals surface area contributed by atoms with Crippen LogP contribution in [0, 0.1) is 0 Å². The van der Waals surface area contributed by atoms with Gasteiger partial charge in [0.05, 0.1) is 11.0 Å². The number of nitrogens with one attached hydrogen (secondary N) is 1. The van der Waals surface area contributed by atoms with Crippen molar-refractivity contribution in [3.8, 4) is 0 Å². The minimum absolute atomic E-state index is 0.270. The summed E-state index contributed by atoms with van der Waals surface area (Å²) < 4.78 is 2.36. The molecule has 1 N–H and O–H groups in total. The van der Waals surface area contributed by atoms with Crippen LogP contribution in [0.25, 0.3) is 11.0 Å². The molecule has 3 rings (SSSR count). The number of fused-ring (bicyclic) bond motifs is 1. The number of carbonyl (C=O) groups excluding carboxylic acids is 1. The second-order valence-corrected chi connectivity index (χ2v) is 5.54. The van der Waals surface area contributed by atoms with Crippen molar-refractivity contribution < 1.29 is 4.79 Å². The van der Waals surface area contributed by atoms with Crippen molar-refractivity contribution in [3.63, 3.8) is 0 Å². The first-order chi connectivity index (χ1) is 9.63. The normalized spacial score (nSPS) is 10.7. The molecular formula is C14H9BrClN3O. The Balaban J connectivity index is 1.92. The van der Waals surface area contributed by atoms with Crippen LogP contribution < -0.4 is 5.32 Å². The van der Waals surface area contributed by atoms with E-state index < -0.39 is 0 Å². The van der Waals surface area contributed by atoms with Crippen molar-refractivity contribution >= 4 is 50.3 Å². The van der Waals surface area contributed by atoms with Crippen molar-refractivity contribution in [1.82, 2.24) is 9.55 Å². The zero-order valence-corrected chi connectivity index (χ0v) is 12.5. The van der Waals surface area contributed by atoms with Crippen LogP contribution in [0.4, 0.5) is 10.5 Å². The topological polar surface area (TPSA) is 46.9 Å². The van der Waals surface area contributed by atoms with E-state index in [4.69, 9.17) is 11.6 Å². The lowest BCUT2D eigenvalue weighted by atomic mass is 10.3. The van der Waals surface area contributed by atoms with E-state index in [9.17, 15) is 4.79 Å². The molecule has 20 heavy (non-hydrogen) atoms. The van der Waals surface area contributed by atoms with Crippen molar-refractivity contribution in [2.45, 2.75) is 0 Å². The molecule has 3 aromatic rings. The summed E-state index contributed by atoms with van der Waals surface area (Å²) in [6.45, 7) is 0. The number of imidazole rings is 1. The Morgan fingerprint density at radius 3 is 2.70 bits per heavy atom. The van der Waals surface area contributed by atoms with Gasteiger partial charge in [-0.3, -0.25) is 4.57 Å². The van der Waals surface area contributed by atoms with Crippen LogP contribution in [0.1, 0.15) is 0 Å². The minimum atomic E-state index is -0.270. The highest BCUT2D eigenvalue weighted by molar-refractivity contribution is 9.10. The molecule has 1 aromatic heterocycles. The second kappa shape index (κ2) is 5.26. The number of carbonyl (C=O) groups is 1. The van der Waals surface area contributed by atoms with Crippen LogP contribution in [0.15, 0.2) is 53.3 Å². The van der Waals surface area contributed by atoms with Gasteiger partial charge in [-0.2, -0.15) is 0 Å². The molecule has 0 radical (unpaired) electrons. The highest BCUT2D eigenvalue weighted by Crippen LogP contribution is 2.19. The molecule has 0 saturated carbocycles. The van der Waals surface area contributed by atoms with Crippen LogP contribution >= 0.6 is 27.5 Å². The van der Waals surface area contributed by atoms with Gasteiger partial charge >= 0.3 is 6.03 Å². The van der Waals surface area contributed by atoms with Crippen LogP contribution in [-0.2, 0) is 0 Å². The lowest BCUT2D eigenvalue weighted by molar-refractivity contribution is 0.254. The molecule has 1 amide bonds. The van der Waals surface area contributed by atoms with Crippen molar-refractivity contribution in [1.29, 1.82) is 0 Å². The van der Waals surface area contributed by atoms with Gasteiger partial charge in [-0.15, -0.1) is 0 Å². The summed E-state index contributed by atoms with van der Waals surface area (Å²) in [7, 11) is 0. The van der Waals surface area contributed by atoms with E-state index in [1.54, 1.807) is 24.3 Å². The van der Waals surface area contributed by atoms with Gasteiger partial charge in [0.25, 0.3) is 0 Å². The number of anilines is 1. The Kier molecular flexibility index (Phi) is 3.46. The number of halogens is 2. The third-order valence-electron chi connectivity index (χ3n) is 2.82. The number of nitrogens with zero attached hydrogens (tertiary/aromatic N) is 2. The van der Waals surface area contributed by atoms with E-state index in [1.807, 2.05) is 18.2 Å². The van der Waals surface area contributed by atoms with E-state index >= 15 is 0 Å². The van der Waals surface area contributed by atoms with Crippen LogP contribution in [0.2, 0.25) is 5.02 Å². The lowest BCUT2D eigenvalue weighted by Crippen LogP contribution is -2.18. The molecule has 0 saturated heterocycles. The van der Waals surface area contributed by atoms with Gasteiger partial charge < -0.3 is 5.32 Å². The summed E-state index contributed by atoms with van der Waals surface area (Å²) in [5.41, 5.74) is 2.18. The average molecular weight is 351 g/mol. The summed E-state index contributed by atoms with van der Waals surface area (Å²) >= 11 is 9.20. The number of amides is 1. The molecule has 100 valence electrons. The number of rotatable bonds is 1. The van der Waals surface area contributed by atoms with Gasteiger partial charge in [-0.25, -0.2) is 9.78 Å². The van der Waals surface area contributed by atoms with Crippen LogP contribution in [0.3, 0.4) is 0 Å². The summed E-state index contributed by atoms with van der Waals surface area (Å²) in [6.07, 6.45) is 1.50. The van der Waals surface area contributed by atoms with E-state index in [0.29, 0.717) is 10.7 Å². The maximum Gasteiger partial charge on any atom is 0.331 e. The third-order valence-corrected chi connectivity index (χ3v) is 3.57. The van der Waals surface area contributed by atoms with Crippen molar-refractivity contribution in [2.75, 3.05) is 5.32 Å². The molecule has 0 spiro atoms. The molecule has 0 aliphatic rings. The fourth-order valence-corrected chi connectivity index (χ4v) is 2.33. The minimum Gasteiger partial charge on any atom is -0.307 e. The molecule has 0 aliphatic heterocycles.